The first-order valence-electron chi connectivity index (χ1n) is 7.87. The fraction of sp³-hybridized carbons (Fsp3) is 0.588. The highest BCUT2D eigenvalue weighted by atomic mass is 19.4. The highest BCUT2D eigenvalue weighted by molar-refractivity contribution is 5.69. The van der Waals surface area contributed by atoms with Gasteiger partial charge in [0.05, 0.1) is 12.7 Å². The fourth-order valence-corrected chi connectivity index (χ4v) is 2.66. The summed E-state index contributed by atoms with van der Waals surface area (Å²) < 4.78 is 42.3. The molecule has 0 aromatic heterocycles. The van der Waals surface area contributed by atoms with E-state index in [1.54, 1.807) is 0 Å². The second kappa shape index (κ2) is 8.91. The zero-order chi connectivity index (χ0) is 17.5. The van der Waals surface area contributed by atoms with Crippen LogP contribution in [-0.4, -0.2) is 19.6 Å². The van der Waals surface area contributed by atoms with Crippen LogP contribution < -0.4 is 5.32 Å². The van der Waals surface area contributed by atoms with Gasteiger partial charge < -0.3 is 10.1 Å². The molecule has 1 fully saturated rings. The van der Waals surface area contributed by atoms with E-state index in [9.17, 15) is 18.0 Å². The number of methoxy groups -OCH3 is 1. The average Bonchev–Trinajstić information content (AvgIpc) is 2.56. The van der Waals surface area contributed by atoms with Crippen molar-refractivity contribution < 1.29 is 22.7 Å². The molecule has 1 aromatic rings. The molecule has 1 aliphatic heterocycles. The molecule has 6 heteroatoms. The minimum Gasteiger partial charge on any atom is -0.469 e. The third kappa shape index (κ3) is 5.86. The Hall–Kier alpha value is -1.56. The third-order valence-electron chi connectivity index (χ3n) is 3.84. The van der Waals surface area contributed by atoms with Crippen LogP contribution >= 0.6 is 0 Å². The highest BCUT2D eigenvalue weighted by Gasteiger charge is 2.31. The molecular weight excluding hydrogens is 307 g/mol. The number of carbonyl (C=O) groups is 1. The Morgan fingerprint density at radius 3 is 2.39 bits per heavy atom. The SMILES string of the molecule is CC.COC(=O)CC1CCNC(c2ccc(C(F)(F)F)cc2)C1. The van der Waals surface area contributed by atoms with Crippen molar-refractivity contribution in [3.05, 3.63) is 35.4 Å². The lowest BCUT2D eigenvalue weighted by Crippen LogP contribution is -2.32. The van der Waals surface area contributed by atoms with Crippen molar-refractivity contribution in [1.82, 2.24) is 5.32 Å². The van der Waals surface area contributed by atoms with Crippen LogP contribution in [-0.2, 0) is 15.7 Å². The maximum absolute atomic E-state index is 12.5. The van der Waals surface area contributed by atoms with Gasteiger partial charge in [-0.05, 0) is 43.0 Å². The van der Waals surface area contributed by atoms with E-state index in [0.29, 0.717) is 6.42 Å². The number of ether oxygens (including phenoxy) is 1. The second-order valence-corrected chi connectivity index (χ2v) is 5.30. The Morgan fingerprint density at radius 2 is 1.87 bits per heavy atom. The molecule has 1 heterocycles. The molecular formula is C17H24F3NO2. The van der Waals surface area contributed by atoms with Gasteiger partial charge in [0.1, 0.15) is 0 Å². The summed E-state index contributed by atoms with van der Waals surface area (Å²) in [5, 5.41) is 3.28. The lowest BCUT2D eigenvalue weighted by atomic mass is 9.86. The molecule has 0 saturated carbocycles. The molecule has 2 rings (SSSR count). The van der Waals surface area contributed by atoms with Crippen LogP contribution in [0.5, 0.6) is 0 Å². The van der Waals surface area contributed by atoms with Crippen LogP contribution in [0.3, 0.4) is 0 Å². The number of carbonyl (C=O) groups excluding carboxylic acids is 1. The van der Waals surface area contributed by atoms with Gasteiger partial charge in [0, 0.05) is 12.5 Å². The van der Waals surface area contributed by atoms with Crippen molar-refractivity contribution >= 4 is 5.97 Å². The van der Waals surface area contributed by atoms with Gasteiger partial charge in [0.25, 0.3) is 0 Å². The predicted octanol–water partition coefficient (Wildman–Crippen LogP) is 4.34. The average molecular weight is 331 g/mol. The van der Waals surface area contributed by atoms with E-state index >= 15 is 0 Å². The number of hydrogen-bond donors (Lipinski definition) is 1. The van der Waals surface area contributed by atoms with E-state index in [-0.39, 0.29) is 17.9 Å². The Labute approximate surface area is 135 Å². The first-order valence-corrected chi connectivity index (χ1v) is 7.87. The van der Waals surface area contributed by atoms with Gasteiger partial charge in [0.2, 0.25) is 0 Å². The maximum atomic E-state index is 12.5. The van der Waals surface area contributed by atoms with Gasteiger partial charge in [-0.15, -0.1) is 0 Å². The standard InChI is InChI=1S/C15H18F3NO2.C2H6/c1-21-14(20)9-10-6-7-19-13(8-10)11-2-4-12(5-3-11)15(16,17)18;1-2/h2-5,10,13,19H,6-9H2,1H3;1-2H3. The predicted molar refractivity (Wildman–Crippen MR) is 82.9 cm³/mol. The highest BCUT2D eigenvalue weighted by Crippen LogP contribution is 2.33. The molecule has 0 aliphatic carbocycles. The smallest absolute Gasteiger partial charge is 0.416 e. The van der Waals surface area contributed by atoms with E-state index in [1.165, 1.54) is 19.2 Å². The van der Waals surface area contributed by atoms with Crippen LogP contribution in [0.25, 0.3) is 0 Å². The summed E-state index contributed by atoms with van der Waals surface area (Å²) in [7, 11) is 1.36. The molecule has 23 heavy (non-hydrogen) atoms. The topological polar surface area (TPSA) is 38.3 Å². The summed E-state index contributed by atoms with van der Waals surface area (Å²) in [6, 6.07) is 5.18. The lowest BCUT2D eigenvalue weighted by molar-refractivity contribution is -0.142. The second-order valence-electron chi connectivity index (χ2n) is 5.30. The summed E-state index contributed by atoms with van der Waals surface area (Å²) >= 11 is 0. The molecule has 1 aromatic carbocycles. The van der Waals surface area contributed by atoms with E-state index in [1.807, 2.05) is 13.8 Å². The summed E-state index contributed by atoms with van der Waals surface area (Å²) in [4.78, 5) is 11.3. The molecule has 0 spiro atoms. The van der Waals surface area contributed by atoms with Gasteiger partial charge in [-0.2, -0.15) is 13.2 Å². The largest absolute Gasteiger partial charge is 0.469 e. The van der Waals surface area contributed by atoms with Gasteiger partial charge in [-0.3, -0.25) is 4.79 Å². The van der Waals surface area contributed by atoms with Crippen molar-refractivity contribution in [2.45, 2.75) is 45.3 Å². The van der Waals surface area contributed by atoms with Crippen molar-refractivity contribution in [3.8, 4) is 0 Å². The number of alkyl halides is 3. The van der Waals surface area contributed by atoms with Crippen LogP contribution in [0.4, 0.5) is 13.2 Å². The van der Waals surface area contributed by atoms with Crippen molar-refractivity contribution in [2.24, 2.45) is 5.92 Å². The fourth-order valence-electron chi connectivity index (χ4n) is 2.66. The van der Waals surface area contributed by atoms with Gasteiger partial charge in [-0.1, -0.05) is 26.0 Å². The molecule has 3 nitrogen and oxygen atoms in total. The maximum Gasteiger partial charge on any atom is 0.416 e. The lowest BCUT2D eigenvalue weighted by Gasteiger charge is -2.30. The van der Waals surface area contributed by atoms with Crippen molar-refractivity contribution in [1.29, 1.82) is 0 Å². The first-order chi connectivity index (χ1) is 10.9. The zero-order valence-electron chi connectivity index (χ0n) is 13.7. The molecule has 1 N–H and O–H groups in total. The molecule has 0 bridgehead atoms. The number of halogens is 3. The Morgan fingerprint density at radius 1 is 1.26 bits per heavy atom. The molecule has 0 radical (unpaired) electrons. The molecule has 1 saturated heterocycles. The van der Waals surface area contributed by atoms with Crippen LogP contribution in [0.15, 0.2) is 24.3 Å². The summed E-state index contributed by atoms with van der Waals surface area (Å²) in [5.74, 6) is -0.0425. The van der Waals surface area contributed by atoms with Crippen molar-refractivity contribution in [3.63, 3.8) is 0 Å². The first kappa shape index (κ1) is 19.5. The number of benzene rings is 1. The van der Waals surface area contributed by atoms with Crippen LogP contribution in [0, 0.1) is 5.92 Å². The summed E-state index contributed by atoms with van der Waals surface area (Å²) in [6.07, 6.45) is -2.37. The molecule has 0 amide bonds. The minimum atomic E-state index is -4.31. The molecule has 2 atom stereocenters. The number of esters is 1. The van der Waals surface area contributed by atoms with E-state index < -0.39 is 11.7 Å². The Balaban J connectivity index is 0.00000127. The van der Waals surface area contributed by atoms with E-state index in [0.717, 1.165) is 37.1 Å². The molecule has 130 valence electrons. The van der Waals surface area contributed by atoms with Gasteiger partial charge in [-0.25, -0.2) is 0 Å². The van der Waals surface area contributed by atoms with Gasteiger partial charge in [0.15, 0.2) is 0 Å². The van der Waals surface area contributed by atoms with Crippen LogP contribution in [0.1, 0.15) is 50.3 Å². The Kier molecular flexibility index (Phi) is 7.55. The third-order valence-corrected chi connectivity index (χ3v) is 3.84. The zero-order valence-corrected chi connectivity index (χ0v) is 13.7. The normalized spacial score (nSPS) is 21.1. The number of hydrogen-bond acceptors (Lipinski definition) is 3. The van der Waals surface area contributed by atoms with E-state index in [2.05, 4.69) is 10.1 Å². The monoisotopic (exact) mass is 331 g/mol. The number of piperidine rings is 1. The molecule has 2 unspecified atom stereocenters. The van der Waals surface area contributed by atoms with Crippen molar-refractivity contribution in [2.75, 3.05) is 13.7 Å². The summed E-state index contributed by atoms with van der Waals surface area (Å²) in [5.41, 5.74) is 0.172. The summed E-state index contributed by atoms with van der Waals surface area (Å²) in [6.45, 7) is 4.74. The quantitative estimate of drug-likeness (QED) is 0.838. The Bertz CT molecular complexity index is 486. The van der Waals surface area contributed by atoms with E-state index in [4.69, 9.17) is 0 Å². The number of nitrogens with one attached hydrogen (secondary N) is 1. The van der Waals surface area contributed by atoms with Gasteiger partial charge >= 0.3 is 12.1 Å². The number of rotatable bonds is 3. The molecule has 1 aliphatic rings. The minimum absolute atomic E-state index is 0.0179. The van der Waals surface area contributed by atoms with Crippen LogP contribution in [0.2, 0.25) is 0 Å².